The van der Waals surface area contributed by atoms with Crippen molar-refractivity contribution < 1.29 is 14.3 Å². The van der Waals surface area contributed by atoms with Crippen molar-refractivity contribution in [3.63, 3.8) is 0 Å². The SMILES string of the molecule is CN(Cc1ccc(Cl)cc1)c1ccc(C(=O)O)c(Br)c1F. The van der Waals surface area contributed by atoms with Gasteiger partial charge in [0.25, 0.3) is 0 Å². The summed E-state index contributed by atoms with van der Waals surface area (Å²) in [5.41, 5.74) is 1.19. The van der Waals surface area contributed by atoms with Crippen LogP contribution in [0.5, 0.6) is 0 Å². The zero-order valence-corrected chi connectivity index (χ0v) is 13.4. The van der Waals surface area contributed by atoms with Gasteiger partial charge in [-0.25, -0.2) is 9.18 Å². The van der Waals surface area contributed by atoms with Crippen molar-refractivity contribution in [3.8, 4) is 0 Å². The second kappa shape index (κ2) is 6.45. The second-order valence-corrected chi connectivity index (χ2v) is 5.78. The van der Waals surface area contributed by atoms with Crippen molar-refractivity contribution in [3.05, 3.63) is 62.8 Å². The van der Waals surface area contributed by atoms with E-state index >= 15 is 0 Å². The first kappa shape index (κ1) is 15.8. The molecule has 0 radical (unpaired) electrons. The molecule has 2 rings (SSSR count). The van der Waals surface area contributed by atoms with Crippen LogP contribution in [0.4, 0.5) is 10.1 Å². The molecule has 6 heteroatoms. The summed E-state index contributed by atoms with van der Waals surface area (Å²) < 4.78 is 14.2. The summed E-state index contributed by atoms with van der Waals surface area (Å²) in [5.74, 6) is -1.76. The quantitative estimate of drug-likeness (QED) is 0.854. The Labute approximate surface area is 135 Å². The number of rotatable bonds is 4. The number of anilines is 1. The van der Waals surface area contributed by atoms with Crippen LogP contribution >= 0.6 is 27.5 Å². The van der Waals surface area contributed by atoms with Crippen molar-refractivity contribution in [2.75, 3.05) is 11.9 Å². The van der Waals surface area contributed by atoms with Gasteiger partial charge in [-0.05, 0) is 45.8 Å². The topological polar surface area (TPSA) is 40.5 Å². The molecule has 0 aliphatic heterocycles. The van der Waals surface area contributed by atoms with Crippen LogP contribution in [-0.2, 0) is 6.54 Å². The molecule has 0 saturated heterocycles. The predicted molar refractivity (Wildman–Crippen MR) is 84.6 cm³/mol. The minimum Gasteiger partial charge on any atom is -0.478 e. The van der Waals surface area contributed by atoms with E-state index < -0.39 is 11.8 Å². The summed E-state index contributed by atoms with van der Waals surface area (Å²) in [5, 5.41) is 9.60. The third-order valence-corrected chi connectivity index (χ3v) is 4.06. The van der Waals surface area contributed by atoms with Gasteiger partial charge < -0.3 is 10.0 Å². The van der Waals surface area contributed by atoms with E-state index in [2.05, 4.69) is 15.9 Å². The predicted octanol–water partition coefficient (Wildman–Crippen LogP) is 4.58. The summed E-state index contributed by atoms with van der Waals surface area (Å²) in [6.45, 7) is 0.479. The highest BCUT2D eigenvalue weighted by Gasteiger charge is 2.18. The first-order valence-corrected chi connectivity index (χ1v) is 7.24. The van der Waals surface area contributed by atoms with E-state index in [0.29, 0.717) is 17.3 Å². The molecule has 3 nitrogen and oxygen atoms in total. The lowest BCUT2D eigenvalue weighted by molar-refractivity contribution is 0.0695. The van der Waals surface area contributed by atoms with E-state index in [1.807, 2.05) is 12.1 Å². The van der Waals surface area contributed by atoms with Crippen LogP contribution in [0.15, 0.2) is 40.9 Å². The minimum atomic E-state index is -1.17. The zero-order chi connectivity index (χ0) is 15.6. The summed E-state index contributed by atoms with van der Waals surface area (Å²) in [6.07, 6.45) is 0. The van der Waals surface area contributed by atoms with Crippen LogP contribution in [-0.4, -0.2) is 18.1 Å². The van der Waals surface area contributed by atoms with Crippen molar-refractivity contribution in [2.24, 2.45) is 0 Å². The molecule has 0 fully saturated rings. The third-order valence-electron chi connectivity index (χ3n) is 3.04. The maximum atomic E-state index is 14.3. The summed E-state index contributed by atoms with van der Waals surface area (Å²) >= 11 is 8.82. The van der Waals surface area contributed by atoms with Gasteiger partial charge in [-0.3, -0.25) is 0 Å². The van der Waals surface area contributed by atoms with Crippen LogP contribution in [0, 0.1) is 5.82 Å². The molecule has 0 aromatic heterocycles. The van der Waals surface area contributed by atoms with Crippen LogP contribution in [0.25, 0.3) is 0 Å². The van der Waals surface area contributed by atoms with E-state index in [1.54, 1.807) is 24.1 Å². The fourth-order valence-corrected chi connectivity index (χ4v) is 2.58. The molecule has 0 spiro atoms. The molecule has 0 bridgehead atoms. The van der Waals surface area contributed by atoms with Crippen LogP contribution in [0.2, 0.25) is 5.02 Å². The summed E-state index contributed by atoms with van der Waals surface area (Å²) in [7, 11) is 1.74. The van der Waals surface area contributed by atoms with Gasteiger partial charge in [-0.1, -0.05) is 23.7 Å². The van der Waals surface area contributed by atoms with Gasteiger partial charge in [-0.15, -0.1) is 0 Å². The van der Waals surface area contributed by atoms with Gasteiger partial charge in [0.15, 0.2) is 5.82 Å². The standard InChI is InChI=1S/C15H12BrClFNO2/c1-19(8-9-2-4-10(17)5-3-9)12-7-6-11(15(20)21)13(16)14(12)18/h2-7H,8H2,1H3,(H,20,21). The Balaban J connectivity index is 2.27. The maximum Gasteiger partial charge on any atom is 0.336 e. The first-order valence-electron chi connectivity index (χ1n) is 6.07. The van der Waals surface area contributed by atoms with E-state index in [0.717, 1.165) is 5.56 Å². The van der Waals surface area contributed by atoms with E-state index in [-0.39, 0.29) is 10.0 Å². The number of halogens is 3. The highest BCUT2D eigenvalue weighted by Crippen LogP contribution is 2.29. The largest absolute Gasteiger partial charge is 0.478 e. The van der Waals surface area contributed by atoms with E-state index in [9.17, 15) is 9.18 Å². The van der Waals surface area contributed by atoms with Crippen LogP contribution < -0.4 is 4.90 Å². The molecule has 0 unspecified atom stereocenters. The second-order valence-electron chi connectivity index (χ2n) is 4.55. The van der Waals surface area contributed by atoms with Gasteiger partial charge in [0.1, 0.15) is 0 Å². The molecular formula is C15H12BrClFNO2. The van der Waals surface area contributed by atoms with Crippen molar-refractivity contribution >= 4 is 39.2 Å². The van der Waals surface area contributed by atoms with Crippen LogP contribution in [0.1, 0.15) is 15.9 Å². The van der Waals surface area contributed by atoms with Gasteiger partial charge in [0, 0.05) is 18.6 Å². The normalized spacial score (nSPS) is 10.5. The molecule has 1 N–H and O–H groups in total. The Bertz CT molecular complexity index is 676. The number of hydrogen-bond donors (Lipinski definition) is 1. The highest BCUT2D eigenvalue weighted by molar-refractivity contribution is 9.10. The lowest BCUT2D eigenvalue weighted by atomic mass is 10.1. The fourth-order valence-electron chi connectivity index (χ4n) is 1.95. The Morgan fingerprint density at radius 1 is 1.29 bits per heavy atom. The fraction of sp³-hybridized carbons (Fsp3) is 0.133. The Morgan fingerprint density at radius 2 is 1.90 bits per heavy atom. The molecule has 0 heterocycles. The number of carboxylic acids is 1. The Kier molecular flexibility index (Phi) is 4.85. The lowest BCUT2D eigenvalue weighted by Crippen LogP contribution is -2.18. The number of carboxylic acid groups (broad SMARTS) is 1. The number of aromatic carboxylic acids is 1. The molecule has 0 aliphatic rings. The van der Waals surface area contributed by atoms with Crippen LogP contribution in [0.3, 0.4) is 0 Å². The molecule has 0 atom stereocenters. The van der Waals surface area contributed by atoms with Crippen molar-refractivity contribution in [1.29, 1.82) is 0 Å². The van der Waals surface area contributed by atoms with Crippen molar-refractivity contribution in [2.45, 2.75) is 6.54 Å². The Hall–Kier alpha value is -1.59. The van der Waals surface area contributed by atoms with Gasteiger partial charge in [0.2, 0.25) is 0 Å². The average molecular weight is 373 g/mol. The minimum absolute atomic E-state index is 0.0459. The highest BCUT2D eigenvalue weighted by atomic mass is 79.9. The first-order chi connectivity index (χ1) is 9.90. The van der Waals surface area contributed by atoms with E-state index in [4.69, 9.17) is 16.7 Å². The number of hydrogen-bond acceptors (Lipinski definition) is 2. The molecule has 110 valence electrons. The zero-order valence-electron chi connectivity index (χ0n) is 11.1. The molecule has 2 aromatic carbocycles. The number of nitrogens with zero attached hydrogens (tertiary/aromatic N) is 1. The van der Waals surface area contributed by atoms with Gasteiger partial charge in [0.05, 0.1) is 15.7 Å². The van der Waals surface area contributed by atoms with E-state index in [1.165, 1.54) is 12.1 Å². The van der Waals surface area contributed by atoms with Crippen molar-refractivity contribution in [1.82, 2.24) is 0 Å². The molecular weight excluding hydrogens is 361 g/mol. The third kappa shape index (κ3) is 3.54. The molecule has 2 aromatic rings. The van der Waals surface area contributed by atoms with Gasteiger partial charge >= 0.3 is 5.97 Å². The number of carbonyl (C=O) groups is 1. The summed E-state index contributed by atoms with van der Waals surface area (Å²) in [6, 6.07) is 10.1. The number of benzene rings is 2. The summed E-state index contributed by atoms with van der Waals surface area (Å²) in [4.78, 5) is 12.7. The van der Waals surface area contributed by atoms with Gasteiger partial charge in [-0.2, -0.15) is 0 Å². The molecule has 0 aliphatic carbocycles. The maximum absolute atomic E-state index is 14.3. The molecule has 21 heavy (non-hydrogen) atoms. The lowest BCUT2D eigenvalue weighted by Gasteiger charge is -2.21. The average Bonchev–Trinajstić information content (AvgIpc) is 2.43. The molecule has 0 saturated carbocycles. The molecule has 0 amide bonds. The Morgan fingerprint density at radius 3 is 2.48 bits per heavy atom. The monoisotopic (exact) mass is 371 g/mol. The smallest absolute Gasteiger partial charge is 0.336 e.